The van der Waals surface area contributed by atoms with Crippen LogP contribution in [0.3, 0.4) is 0 Å². The van der Waals surface area contributed by atoms with Gasteiger partial charge in [0.2, 0.25) is 0 Å². The summed E-state index contributed by atoms with van der Waals surface area (Å²) in [6.45, 7) is 6.04. The molecule has 2 aromatic carbocycles. The van der Waals surface area contributed by atoms with Gasteiger partial charge in [-0.05, 0) is 68.5 Å². The Kier molecular flexibility index (Phi) is 5.12. The summed E-state index contributed by atoms with van der Waals surface area (Å²) in [6.07, 6.45) is 1.78. The minimum absolute atomic E-state index is 0.0262. The van der Waals surface area contributed by atoms with Crippen molar-refractivity contribution < 1.29 is 14.3 Å². The third-order valence-corrected chi connectivity index (χ3v) is 5.12. The lowest BCUT2D eigenvalue weighted by atomic mass is 10.00. The van der Waals surface area contributed by atoms with Crippen LogP contribution in [-0.4, -0.2) is 29.9 Å². The molecule has 1 amide bonds. The summed E-state index contributed by atoms with van der Waals surface area (Å²) in [7, 11) is 1.38. The Labute approximate surface area is 154 Å². The Morgan fingerprint density at radius 2 is 1.88 bits per heavy atom. The van der Waals surface area contributed by atoms with Crippen molar-refractivity contribution in [3.63, 3.8) is 0 Å². The summed E-state index contributed by atoms with van der Waals surface area (Å²) in [4.78, 5) is 27.2. The van der Waals surface area contributed by atoms with Crippen molar-refractivity contribution in [2.45, 2.75) is 45.7 Å². The predicted octanol–water partition coefficient (Wildman–Crippen LogP) is 4.32. The first-order valence-corrected chi connectivity index (χ1v) is 9.03. The Bertz CT molecular complexity index is 841. The first kappa shape index (κ1) is 18.2. The second kappa shape index (κ2) is 7.32. The molecule has 0 N–H and O–H groups in total. The maximum atomic E-state index is 13.3. The smallest absolute Gasteiger partial charge is 0.337 e. The number of amides is 1. The summed E-state index contributed by atoms with van der Waals surface area (Å²) in [5, 5.41) is 0. The van der Waals surface area contributed by atoms with Crippen LogP contribution in [0.2, 0.25) is 0 Å². The number of ether oxygens (including phenoxy) is 1. The summed E-state index contributed by atoms with van der Waals surface area (Å²) < 4.78 is 4.85. The molecule has 136 valence electrons. The van der Waals surface area contributed by atoms with Crippen LogP contribution in [0.5, 0.6) is 0 Å². The van der Waals surface area contributed by atoms with Gasteiger partial charge in [0.15, 0.2) is 0 Å². The Hall–Kier alpha value is -2.62. The van der Waals surface area contributed by atoms with E-state index in [-0.39, 0.29) is 24.0 Å². The van der Waals surface area contributed by atoms with Gasteiger partial charge in [0, 0.05) is 11.6 Å². The summed E-state index contributed by atoms with van der Waals surface area (Å²) in [5.74, 6) is -0.306. The van der Waals surface area contributed by atoms with Crippen LogP contribution < -0.4 is 0 Å². The molecule has 4 nitrogen and oxygen atoms in total. The number of hydrogen-bond acceptors (Lipinski definition) is 3. The molecule has 0 saturated heterocycles. The van der Waals surface area contributed by atoms with Gasteiger partial charge in [-0.3, -0.25) is 4.79 Å². The summed E-state index contributed by atoms with van der Waals surface area (Å²) >= 11 is 0. The Morgan fingerprint density at radius 3 is 2.54 bits per heavy atom. The summed E-state index contributed by atoms with van der Waals surface area (Å²) in [6, 6.07) is 13.4. The molecule has 1 aliphatic carbocycles. The van der Waals surface area contributed by atoms with Crippen LogP contribution in [0, 0.1) is 6.92 Å². The van der Waals surface area contributed by atoms with E-state index in [9.17, 15) is 9.59 Å². The minimum atomic E-state index is -0.347. The number of fused-ring (bicyclic) bond motifs is 1. The molecule has 0 spiro atoms. The molecule has 26 heavy (non-hydrogen) atoms. The fourth-order valence-corrected chi connectivity index (χ4v) is 3.80. The molecule has 0 aliphatic heterocycles. The van der Waals surface area contributed by atoms with Crippen LogP contribution in [0.25, 0.3) is 0 Å². The van der Waals surface area contributed by atoms with Crippen molar-refractivity contribution in [2.75, 3.05) is 7.11 Å². The molecule has 0 bridgehead atoms. The van der Waals surface area contributed by atoms with Gasteiger partial charge >= 0.3 is 5.97 Å². The van der Waals surface area contributed by atoms with E-state index in [4.69, 9.17) is 4.74 Å². The SMILES string of the molecule is COC(=O)c1ccc2c(c1)[C@H](N(C(=O)c1ccccc1C)C(C)C)CC2. The van der Waals surface area contributed by atoms with Gasteiger partial charge in [0.25, 0.3) is 5.91 Å². The predicted molar refractivity (Wildman–Crippen MR) is 101 cm³/mol. The number of methoxy groups -OCH3 is 1. The van der Waals surface area contributed by atoms with E-state index in [1.807, 2.05) is 62.1 Å². The first-order valence-electron chi connectivity index (χ1n) is 9.03. The normalized spacial score (nSPS) is 15.7. The number of esters is 1. The lowest BCUT2D eigenvalue weighted by Crippen LogP contribution is -2.39. The lowest BCUT2D eigenvalue weighted by molar-refractivity contribution is 0.0600. The van der Waals surface area contributed by atoms with E-state index in [1.54, 1.807) is 6.07 Å². The summed E-state index contributed by atoms with van der Waals surface area (Å²) in [5.41, 5.74) is 4.50. The third kappa shape index (κ3) is 3.24. The van der Waals surface area contributed by atoms with Crippen LogP contribution in [0.1, 0.15) is 63.7 Å². The standard InChI is InChI=1S/C22H25NO3/c1-14(2)23(21(24)18-8-6-5-7-15(18)3)20-12-11-16-9-10-17(13-19(16)20)22(25)26-4/h5-10,13-14,20H,11-12H2,1-4H3/t20-/m1/s1. The van der Waals surface area contributed by atoms with E-state index in [1.165, 1.54) is 12.7 Å². The number of carbonyl (C=O) groups is 2. The molecule has 0 fully saturated rings. The molecule has 0 heterocycles. The van der Waals surface area contributed by atoms with Gasteiger partial charge < -0.3 is 9.64 Å². The van der Waals surface area contributed by atoms with E-state index in [2.05, 4.69) is 0 Å². The van der Waals surface area contributed by atoms with E-state index < -0.39 is 0 Å². The van der Waals surface area contributed by atoms with Crippen LogP contribution in [-0.2, 0) is 11.2 Å². The van der Waals surface area contributed by atoms with E-state index >= 15 is 0 Å². The Morgan fingerprint density at radius 1 is 1.15 bits per heavy atom. The highest BCUT2D eigenvalue weighted by atomic mass is 16.5. The van der Waals surface area contributed by atoms with Gasteiger partial charge in [-0.15, -0.1) is 0 Å². The number of hydrogen-bond donors (Lipinski definition) is 0. The van der Waals surface area contributed by atoms with Crippen molar-refractivity contribution in [1.82, 2.24) is 4.90 Å². The zero-order chi connectivity index (χ0) is 18.8. The van der Waals surface area contributed by atoms with Crippen molar-refractivity contribution in [1.29, 1.82) is 0 Å². The highest BCUT2D eigenvalue weighted by Gasteiger charge is 2.34. The average Bonchev–Trinajstić information content (AvgIpc) is 3.04. The maximum absolute atomic E-state index is 13.3. The lowest BCUT2D eigenvalue weighted by Gasteiger charge is -2.34. The fourth-order valence-electron chi connectivity index (χ4n) is 3.80. The number of carbonyl (C=O) groups excluding carboxylic acids is 2. The highest BCUT2D eigenvalue weighted by molar-refractivity contribution is 5.96. The maximum Gasteiger partial charge on any atom is 0.337 e. The third-order valence-electron chi connectivity index (χ3n) is 5.12. The van der Waals surface area contributed by atoms with Gasteiger partial charge in [-0.1, -0.05) is 24.3 Å². The number of rotatable bonds is 4. The van der Waals surface area contributed by atoms with Gasteiger partial charge in [0.05, 0.1) is 18.7 Å². The molecule has 1 aliphatic rings. The van der Waals surface area contributed by atoms with Crippen LogP contribution in [0.4, 0.5) is 0 Å². The second-order valence-corrected chi connectivity index (χ2v) is 7.08. The molecule has 4 heteroatoms. The quantitative estimate of drug-likeness (QED) is 0.771. The molecular formula is C22H25NO3. The van der Waals surface area contributed by atoms with Gasteiger partial charge in [-0.25, -0.2) is 4.79 Å². The molecule has 0 saturated carbocycles. The van der Waals surface area contributed by atoms with Gasteiger partial charge in [0.1, 0.15) is 0 Å². The molecule has 3 rings (SSSR count). The second-order valence-electron chi connectivity index (χ2n) is 7.08. The first-order chi connectivity index (χ1) is 12.4. The average molecular weight is 351 g/mol. The monoisotopic (exact) mass is 351 g/mol. The van der Waals surface area contributed by atoms with Crippen LogP contribution in [0.15, 0.2) is 42.5 Å². The van der Waals surface area contributed by atoms with E-state index in [0.29, 0.717) is 5.56 Å². The molecule has 0 unspecified atom stereocenters. The highest BCUT2D eigenvalue weighted by Crippen LogP contribution is 2.38. The van der Waals surface area contributed by atoms with E-state index in [0.717, 1.165) is 29.5 Å². The van der Waals surface area contributed by atoms with Crippen molar-refractivity contribution in [3.8, 4) is 0 Å². The molecular weight excluding hydrogens is 326 g/mol. The zero-order valence-electron chi connectivity index (χ0n) is 15.8. The molecule has 1 atom stereocenters. The minimum Gasteiger partial charge on any atom is -0.465 e. The number of nitrogens with zero attached hydrogens (tertiary/aromatic N) is 1. The Balaban J connectivity index is 2.00. The molecule has 2 aromatic rings. The molecule has 0 aromatic heterocycles. The van der Waals surface area contributed by atoms with Gasteiger partial charge in [-0.2, -0.15) is 0 Å². The van der Waals surface area contributed by atoms with Crippen molar-refractivity contribution in [3.05, 3.63) is 70.3 Å². The van der Waals surface area contributed by atoms with Crippen molar-refractivity contribution in [2.24, 2.45) is 0 Å². The van der Waals surface area contributed by atoms with Crippen molar-refractivity contribution >= 4 is 11.9 Å². The largest absolute Gasteiger partial charge is 0.465 e. The molecule has 0 radical (unpaired) electrons. The number of benzene rings is 2. The fraction of sp³-hybridized carbons (Fsp3) is 0.364. The van der Waals surface area contributed by atoms with Crippen LogP contribution >= 0.6 is 0 Å². The zero-order valence-corrected chi connectivity index (χ0v) is 15.8. The topological polar surface area (TPSA) is 46.6 Å². The number of aryl methyl sites for hydroxylation is 2.